The molecule has 0 aliphatic heterocycles. The van der Waals surface area contributed by atoms with Crippen LogP contribution in [-0.2, 0) is 26.5 Å². The summed E-state index contributed by atoms with van der Waals surface area (Å²) in [4.78, 5) is 13.2. The number of pyridine rings is 3. The van der Waals surface area contributed by atoms with E-state index in [-0.39, 0.29) is 20.1 Å². The van der Waals surface area contributed by atoms with Crippen molar-refractivity contribution >= 4 is 33.8 Å². The van der Waals surface area contributed by atoms with Crippen molar-refractivity contribution in [2.24, 2.45) is 5.41 Å². The predicted molar refractivity (Wildman–Crippen MR) is 190 cm³/mol. The quantitative estimate of drug-likeness (QED) is 0.131. The van der Waals surface area contributed by atoms with Gasteiger partial charge in [0.1, 0.15) is 0 Å². The molecule has 3 nitrogen and oxygen atoms in total. The van der Waals surface area contributed by atoms with Crippen molar-refractivity contribution in [2.75, 3.05) is 0 Å². The van der Waals surface area contributed by atoms with Gasteiger partial charge in [-0.1, -0.05) is 69.2 Å². The Morgan fingerprint density at radius 2 is 1.43 bits per heavy atom. The van der Waals surface area contributed by atoms with Gasteiger partial charge in [-0.3, -0.25) is 0 Å². The molecule has 0 bridgehead atoms. The molecule has 0 aliphatic rings. The van der Waals surface area contributed by atoms with Gasteiger partial charge in [0.15, 0.2) is 0 Å². The number of fused-ring (bicyclic) bond motifs is 3. The van der Waals surface area contributed by atoms with Crippen LogP contribution in [0.3, 0.4) is 0 Å². The van der Waals surface area contributed by atoms with Crippen LogP contribution in [0.2, 0.25) is 0 Å². The van der Waals surface area contributed by atoms with E-state index >= 15 is 0 Å². The molecule has 0 amide bonds. The molecule has 4 aromatic heterocycles. The van der Waals surface area contributed by atoms with Crippen molar-refractivity contribution in [3.05, 3.63) is 138 Å². The van der Waals surface area contributed by atoms with Crippen LogP contribution in [0.25, 0.3) is 52.9 Å². The van der Waals surface area contributed by atoms with Gasteiger partial charge >= 0.3 is 116 Å². The molecule has 0 aliphatic carbocycles. The summed E-state index contributed by atoms with van der Waals surface area (Å²) in [7, 11) is 0. The fourth-order valence-electron chi connectivity index (χ4n) is 5.46. The number of rotatable bonds is 4. The summed E-state index contributed by atoms with van der Waals surface area (Å²) < 4.78 is 2.81. The zero-order chi connectivity index (χ0) is 31.6. The molecule has 0 unspecified atom stereocenters. The minimum atomic E-state index is 0. The van der Waals surface area contributed by atoms with Crippen LogP contribution in [0.4, 0.5) is 0 Å². The van der Waals surface area contributed by atoms with Gasteiger partial charge < -0.3 is 4.98 Å². The first-order chi connectivity index (χ1) is 21.6. The summed E-state index contributed by atoms with van der Waals surface area (Å²) in [5, 5.41) is 2.68. The maximum absolute atomic E-state index is 4.60. The second-order valence-corrected chi connectivity index (χ2v) is 15.1. The number of benzene rings is 3. The molecule has 233 valence electrons. The Morgan fingerprint density at radius 1 is 0.696 bits per heavy atom. The second-order valence-electron chi connectivity index (χ2n) is 12.8. The molecule has 0 N–H and O–H groups in total. The summed E-state index contributed by atoms with van der Waals surface area (Å²) >= 11 is 0.388. The van der Waals surface area contributed by atoms with Crippen molar-refractivity contribution in [3.8, 4) is 33.6 Å². The fraction of sp³-hybridized carbons (Fsp3) is 0.195. The second kappa shape index (κ2) is 14.4. The maximum atomic E-state index is 4.60. The van der Waals surface area contributed by atoms with E-state index in [2.05, 4.69) is 141 Å². The Kier molecular flexibility index (Phi) is 10.5. The van der Waals surface area contributed by atoms with Crippen molar-refractivity contribution < 1.29 is 20.1 Å². The number of hydrogen-bond acceptors (Lipinski definition) is 3. The van der Waals surface area contributed by atoms with E-state index in [1.807, 2.05) is 18.5 Å². The van der Waals surface area contributed by atoms with Crippen molar-refractivity contribution in [2.45, 2.75) is 48.0 Å². The molecular formula is C41H37IrN3Se-2. The van der Waals surface area contributed by atoms with E-state index < -0.39 is 0 Å². The van der Waals surface area contributed by atoms with E-state index in [1.165, 1.54) is 52.7 Å². The Balaban J connectivity index is 0.000000185. The van der Waals surface area contributed by atoms with E-state index in [1.54, 1.807) is 12.4 Å². The van der Waals surface area contributed by atoms with Gasteiger partial charge in [-0.25, -0.2) is 0 Å². The summed E-state index contributed by atoms with van der Waals surface area (Å²) in [6.45, 7) is 13.2. The Bertz CT molecular complexity index is 2090. The van der Waals surface area contributed by atoms with Crippen LogP contribution >= 0.6 is 0 Å². The molecule has 0 fully saturated rings. The van der Waals surface area contributed by atoms with E-state index in [9.17, 15) is 0 Å². The van der Waals surface area contributed by atoms with E-state index in [0.29, 0.717) is 19.9 Å². The van der Waals surface area contributed by atoms with Crippen LogP contribution < -0.4 is 0 Å². The average Bonchev–Trinajstić information content (AvgIpc) is 3.41. The fourth-order valence-corrected chi connectivity index (χ4v) is 7.68. The molecule has 7 rings (SSSR count). The van der Waals surface area contributed by atoms with Crippen molar-refractivity contribution in [1.82, 2.24) is 15.0 Å². The van der Waals surface area contributed by atoms with Crippen LogP contribution in [0.5, 0.6) is 0 Å². The number of aromatic nitrogens is 3. The SMILES string of the molecule is Cc1cnc(-c2[c-]cc(C)c(-c3ccc(CC(C)(C)C)cc3)c2)cc1C.[Ir].[c-]1cnccc1-c1cc2c(cn1)[se]c1ccccc12. The first-order valence-corrected chi connectivity index (χ1v) is 17.0. The predicted octanol–water partition coefficient (Wildman–Crippen LogP) is 10.0. The summed E-state index contributed by atoms with van der Waals surface area (Å²) in [6, 6.07) is 34.7. The summed E-state index contributed by atoms with van der Waals surface area (Å²) in [6.07, 6.45) is 8.51. The third-order valence-electron chi connectivity index (χ3n) is 7.97. The van der Waals surface area contributed by atoms with Gasteiger partial charge in [0, 0.05) is 26.3 Å². The molecule has 7 aromatic rings. The van der Waals surface area contributed by atoms with Gasteiger partial charge in [-0.05, 0) is 48.1 Å². The Morgan fingerprint density at radius 3 is 2.15 bits per heavy atom. The van der Waals surface area contributed by atoms with Crippen molar-refractivity contribution in [1.29, 1.82) is 0 Å². The third kappa shape index (κ3) is 7.80. The topological polar surface area (TPSA) is 38.7 Å². The zero-order valence-corrected chi connectivity index (χ0v) is 31.2. The van der Waals surface area contributed by atoms with Gasteiger partial charge in [0.25, 0.3) is 0 Å². The van der Waals surface area contributed by atoms with Crippen LogP contribution in [-0.4, -0.2) is 29.5 Å². The molecule has 46 heavy (non-hydrogen) atoms. The van der Waals surface area contributed by atoms with E-state index in [4.69, 9.17) is 0 Å². The summed E-state index contributed by atoms with van der Waals surface area (Å²) in [5.41, 5.74) is 11.9. The molecule has 0 saturated heterocycles. The summed E-state index contributed by atoms with van der Waals surface area (Å²) in [5.74, 6) is 0. The van der Waals surface area contributed by atoms with Gasteiger partial charge in [0.2, 0.25) is 0 Å². The van der Waals surface area contributed by atoms with Crippen LogP contribution in [0, 0.1) is 38.3 Å². The molecule has 0 spiro atoms. The molecular weight excluding hydrogens is 806 g/mol. The van der Waals surface area contributed by atoms with Gasteiger partial charge in [-0.2, -0.15) is 0 Å². The molecule has 0 saturated carbocycles. The van der Waals surface area contributed by atoms with Crippen LogP contribution in [0.15, 0.2) is 104 Å². The molecule has 0 atom stereocenters. The third-order valence-corrected chi connectivity index (χ3v) is 10.3. The molecule has 3 aromatic carbocycles. The molecule has 4 heterocycles. The Labute approximate surface area is 292 Å². The van der Waals surface area contributed by atoms with Crippen LogP contribution in [0.1, 0.15) is 43.0 Å². The zero-order valence-electron chi connectivity index (χ0n) is 27.1. The van der Waals surface area contributed by atoms with Crippen molar-refractivity contribution in [3.63, 3.8) is 0 Å². The molecule has 5 heteroatoms. The normalized spacial score (nSPS) is 11.2. The van der Waals surface area contributed by atoms with E-state index in [0.717, 1.165) is 28.9 Å². The average molecular weight is 843 g/mol. The minimum absolute atomic E-state index is 0. The first kappa shape index (κ1) is 33.6. The monoisotopic (exact) mass is 844 g/mol. The Hall–Kier alpha value is -3.72. The first-order valence-electron chi connectivity index (χ1n) is 15.3. The van der Waals surface area contributed by atoms with Gasteiger partial charge in [0.05, 0.1) is 0 Å². The van der Waals surface area contributed by atoms with Gasteiger partial charge in [-0.15, -0.1) is 29.3 Å². The standard InChI is InChI=1S/C25H28N.C16H9N2Se.Ir/c1-17-7-10-22(24-13-18(2)19(3)16-26-24)14-23(17)21-11-8-20(9-12-21)15-25(4,5)6;1-2-4-15-12(3-1)13-9-14(18-10-16(13)19-15)11-5-7-17-8-6-11;/h7-9,11-14,16H,15H2,1-6H3;1-5,7-10H;/q2*-1;. The molecule has 1 radical (unpaired) electrons. The number of hydrogen-bond donors (Lipinski definition) is 0. The number of nitrogens with zero attached hydrogens (tertiary/aromatic N) is 3. The number of aryl methyl sites for hydroxylation is 3.